The molecule has 1 aliphatic heterocycles. The van der Waals surface area contributed by atoms with E-state index in [0.29, 0.717) is 30.6 Å². The summed E-state index contributed by atoms with van der Waals surface area (Å²) >= 11 is 0. The molecule has 0 spiro atoms. The molecule has 6 aliphatic rings. The van der Waals surface area contributed by atoms with Crippen LogP contribution in [0.15, 0.2) is 12.2 Å². The van der Waals surface area contributed by atoms with E-state index in [-0.39, 0.29) is 41.4 Å². The molecule has 2 amide bonds. The third kappa shape index (κ3) is 2.01. The van der Waals surface area contributed by atoms with Gasteiger partial charge in [-0.1, -0.05) is 12.2 Å². The van der Waals surface area contributed by atoms with Crippen LogP contribution in [-0.2, 0) is 14.4 Å². The molecule has 24 heavy (non-hydrogen) atoms. The van der Waals surface area contributed by atoms with Crippen LogP contribution < -0.4 is 0 Å². The third-order valence-electron chi connectivity index (χ3n) is 7.53. The Morgan fingerprint density at radius 2 is 1.38 bits per heavy atom. The Morgan fingerprint density at radius 1 is 0.917 bits per heavy atom. The first-order chi connectivity index (χ1) is 11.6. The van der Waals surface area contributed by atoms with Crippen LogP contribution in [0.3, 0.4) is 0 Å². The lowest BCUT2D eigenvalue weighted by Crippen LogP contribution is -2.53. The molecule has 0 radical (unpaired) electrons. The first kappa shape index (κ1) is 14.9. The van der Waals surface area contributed by atoms with E-state index in [2.05, 4.69) is 0 Å². The van der Waals surface area contributed by atoms with Gasteiger partial charge in [-0.3, -0.25) is 19.3 Å². The van der Waals surface area contributed by atoms with E-state index >= 15 is 0 Å². The van der Waals surface area contributed by atoms with E-state index in [1.807, 2.05) is 12.2 Å². The highest BCUT2D eigenvalue weighted by Gasteiger charge is 2.56. The molecule has 0 N–H and O–H groups in total. The fraction of sp³-hybridized carbons (Fsp3) is 0.750. The van der Waals surface area contributed by atoms with Gasteiger partial charge in [0.15, 0.2) is 5.78 Å². The van der Waals surface area contributed by atoms with E-state index in [1.54, 1.807) is 0 Å². The van der Waals surface area contributed by atoms with Crippen LogP contribution in [-0.4, -0.2) is 29.0 Å². The van der Waals surface area contributed by atoms with Gasteiger partial charge in [0, 0.05) is 5.41 Å². The molecule has 4 bridgehead atoms. The number of carbonyl (C=O) groups excluding carboxylic acids is 3. The second-order valence-electron chi connectivity index (χ2n) is 9.04. The van der Waals surface area contributed by atoms with Gasteiger partial charge >= 0.3 is 0 Å². The first-order valence-corrected chi connectivity index (χ1v) is 9.59. The number of carbonyl (C=O) groups is 3. The zero-order valence-electron chi connectivity index (χ0n) is 14.1. The maximum Gasteiger partial charge on any atom is 0.233 e. The van der Waals surface area contributed by atoms with Gasteiger partial charge in [0.25, 0.3) is 0 Å². The fourth-order valence-corrected chi connectivity index (χ4v) is 6.79. The van der Waals surface area contributed by atoms with Gasteiger partial charge in [0.1, 0.15) is 0 Å². The Labute approximate surface area is 142 Å². The number of Topliss-reactive ketones (excluding diaryl/α,β-unsaturated/α-hetero) is 1. The largest absolute Gasteiger partial charge is 0.297 e. The van der Waals surface area contributed by atoms with Crippen LogP contribution in [0.2, 0.25) is 0 Å². The normalized spacial score (nSPS) is 45.8. The number of rotatable bonds is 3. The van der Waals surface area contributed by atoms with Gasteiger partial charge in [-0.25, -0.2) is 0 Å². The van der Waals surface area contributed by atoms with Gasteiger partial charge in [0.05, 0.1) is 18.4 Å². The molecule has 1 heterocycles. The van der Waals surface area contributed by atoms with Gasteiger partial charge < -0.3 is 0 Å². The fourth-order valence-electron chi connectivity index (χ4n) is 6.79. The molecular weight excluding hydrogens is 302 g/mol. The Morgan fingerprint density at radius 3 is 1.83 bits per heavy atom. The number of ketones is 1. The first-order valence-electron chi connectivity index (χ1n) is 9.59. The molecule has 2 atom stereocenters. The van der Waals surface area contributed by atoms with Crippen molar-refractivity contribution in [3.63, 3.8) is 0 Å². The highest BCUT2D eigenvalue weighted by Crippen LogP contribution is 2.60. The molecular formula is C20H25NO3. The molecule has 0 aromatic carbocycles. The minimum atomic E-state index is -0.221. The monoisotopic (exact) mass is 327 g/mol. The van der Waals surface area contributed by atoms with Gasteiger partial charge in [0.2, 0.25) is 11.8 Å². The van der Waals surface area contributed by atoms with Crippen molar-refractivity contribution in [2.24, 2.45) is 35.0 Å². The average molecular weight is 327 g/mol. The smallest absolute Gasteiger partial charge is 0.233 e. The summed E-state index contributed by atoms with van der Waals surface area (Å²) in [5, 5.41) is 0. The standard InChI is InChI=1S/C20H25NO3/c22-17(20-8-12-5-13(9-20)7-14(6-12)10-20)11-21-18(23)15-3-1-2-4-16(15)19(21)24/h1-2,12-16H,3-11H2/t12?,13?,14?,15-,16-,20?/m1/s1. The van der Waals surface area contributed by atoms with Crippen molar-refractivity contribution in [2.75, 3.05) is 6.54 Å². The number of imide groups is 1. The molecule has 4 heteroatoms. The summed E-state index contributed by atoms with van der Waals surface area (Å²) in [4.78, 5) is 39.8. The zero-order valence-corrected chi connectivity index (χ0v) is 14.1. The van der Waals surface area contributed by atoms with E-state index in [0.717, 1.165) is 19.3 Å². The predicted molar refractivity (Wildman–Crippen MR) is 87.7 cm³/mol. The predicted octanol–water partition coefficient (Wildman–Crippen LogP) is 2.72. The third-order valence-corrected chi connectivity index (χ3v) is 7.53. The molecule has 128 valence electrons. The minimum Gasteiger partial charge on any atom is -0.297 e. The van der Waals surface area contributed by atoms with Crippen LogP contribution in [0.1, 0.15) is 51.4 Å². The van der Waals surface area contributed by atoms with Crippen LogP contribution in [0.4, 0.5) is 0 Å². The summed E-state index contributed by atoms with van der Waals surface area (Å²) in [6, 6.07) is 0. The van der Waals surface area contributed by atoms with Crippen molar-refractivity contribution in [3.05, 3.63) is 12.2 Å². The molecule has 1 saturated heterocycles. The van der Waals surface area contributed by atoms with E-state index < -0.39 is 0 Å². The Balaban J connectivity index is 1.36. The van der Waals surface area contributed by atoms with Crippen molar-refractivity contribution in [3.8, 4) is 0 Å². The van der Waals surface area contributed by atoms with Crippen LogP contribution in [0, 0.1) is 35.0 Å². The molecule has 5 aliphatic carbocycles. The van der Waals surface area contributed by atoms with E-state index in [1.165, 1.54) is 24.2 Å². The number of likely N-dealkylation sites (tertiary alicyclic amines) is 1. The molecule has 6 rings (SSSR count). The zero-order chi connectivity index (χ0) is 16.5. The summed E-state index contributed by atoms with van der Waals surface area (Å²) < 4.78 is 0. The number of fused-ring (bicyclic) bond motifs is 1. The van der Waals surface area contributed by atoms with E-state index in [4.69, 9.17) is 0 Å². The van der Waals surface area contributed by atoms with Gasteiger partial charge in [-0.05, 0) is 69.1 Å². The minimum absolute atomic E-state index is 0.0385. The quantitative estimate of drug-likeness (QED) is 0.591. The van der Waals surface area contributed by atoms with Gasteiger partial charge in [-0.2, -0.15) is 0 Å². The van der Waals surface area contributed by atoms with Crippen LogP contribution >= 0.6 is 0 Å². The summed E-state index contributed by atoms with van der Waals surface area (Å²) in [5.41, 5.74) is -0.221. The average Bonchev–Trinajstić information content (AvgIpc) is 2.79. The van der Waals surface area contributed by atoms with Gasteiger partial charge in [-0.15, -0.1) is 0 Å². The Kier molecular flexibility index (Phi) is 3.11. The van der Waals surface area contributed by atoms with Crippen molar-refractivity contribution in [1.82, 2.24) is 4.90 Å². The van der Waals surface area contributed by atoms with E-state index in [9.17, 15) is 14.4 Å². The van der Waals surface area contributed by atoms with Crippen molar-refractivity contribution < 1.29 is 14.4 Å². The second-order valence-corrected chi connectivity index (χ2v) is 9.04. The number of hydrogen-bond acceptors (Lipinski definition) is 3. The van der Waals surface area contributed by atoms with Crippen LogP contribution in [0.25, 0.3) is 0 Å². The second kappa shape index (κ2) is 5.03. The lowest BCUT2D eigenvalue weighted by atomic mass is 9.48. The maximum absolute atomic E-state index is 13.2. The number of hydrogen-bond donors (Lipinski definition) is 0. The molecule has 4 saturated carbocycles. The highest BCUT2D eigenvalue weighted by atomic mass is 16.2. The van der Waals surface area contributed by atoms with Crippen molar-refractivity contribution >= 4 is 17.6 Å². The number of allylic oxidation sites excluding steroid dienone is 2. The van der Waals surface area contributed by atoms with Crippen LogP contribution in [0.5, 0.6) is 0 Å². The molecule has 0 aromatic heterocycles. The topological polar surface area (TPSA) is 54.5 Å². The highest BCUT2D eigenvalue weighted by molar-refractivity contribution is 6.08. The van der Waals surface area contributed by atoms with Crippen molar-refractivity contribution in [2.45, 2.75) is 51.4 Å². The number of amides is 2. The summed E-state index contributed by atoms with van der Waals surface area (Å²) in [5.74, 6) is 1.65. The molecule has 5 fully saturated rings. The summed E-state index contributed by atoms with van der Waals surface area (Å²) in [6.45, 7) is 0.0385. The Bertz CT molecular complexity index is 588. The molecule has 0 aromatic rings. The molecule has 4 nitrogen and oxygen atoms in total. The summed E-state index contributed by atoms with van der Waals surface area (Å²) in [6.07, 6.45) is 12.2. The molecule has 0 unspecified atom stereocenters. The summed E-state index contributed by atoms with van der Waals surface area (Å²) in [7, 11) is 0. The number of nitrogens with zero attached hydrogens (tertiary/aromatic N) is 1. The SMILES string of the molecule is O=C1[C@@H]2CC=CC[C@H]2C(=O)N1CC(=O)C12CC3CC(CC(C3)C1)C2. The lowest BCUT2D eigenvalue weighted by molar-refractivity contribution is -0.152. The lowest BCUT2D eigenvalue weighted by Gasteiger charge is -2.56. The Hall–Kier alpha value is -1.45. The maximum atomic E-state index is 13.2. The van der Waals surface area contributed by atoms with Crippen molar-refractivity contribution in [1.29, 1.82) is 0 Å².